The first-order valence-electron chi connectivity index (χ1n) is 5.60. The maximum Gasteiger partial charge on any atom is 0.0995 e. The molecule has 0 saturated heterocycles. The monoisotopic (exact) mass is 301 g/mol. The quantitative estimate of drug-likeness (QED) is 0.854. The van der Waals surface area contributed by atoms with E-state index in [1.165, 1.54) is 0 Å². The van der Waals surface area contributed by atoms with Crippen LogP contribution in [0, 0.1) is 11.3 Å². The Bertz CT molecular complexity index is 560. The Morgan fingerprint density at radius 1 is 1.06 bits per heavy atom. The van der Waals surface area contributed by atoms with Crippen LogP contribution in [0.1, 0.15) is 16.7 Å². The molecule has 0 saturated carbocycles. The van der Waals surface area contributed by atoms with Gasteiger partial charge in [0.25, 0.3) is 0 Å². The third kappa shape index (κ3) is 3.43. The van der Waals surface area contributed by atoms with Crippen molar-refractivity contribution in [3.8, 4) is 6.07 Å². The smallest absolute Gasteiger partial charge is 0.0995 e. The highest BCUT2D eigenvalue weighted by Gasteiger charge is 2.03. The zero-order valence-corrected chi connectivity index (χ0v) is 11.4. The fourth-order valence-electron chi connectivity index (χ4n) is 1.64. The van der Waals surface area contributed by atoms with E-state index < -0.39 is 0 Å². The van der Waals surface area contributed by atoms with Crippen LogP contribution >= 0.6 is 15.9 Å². The Balaban J connectivity index is 1.98. The van der Waals surface area contributed by atoms with Crippen LogP contribution < -0.4 is 0 Å². The van der Waals surface area contributed by atoms with Gasteiger partial charge in [0.05, 0.1) is 24.8 Å². The molecule has 0 spiro atoms. The molecule has 0 aromatic heterocycles. The first-order valence-corrected chi connectivity index (χ1v) is 6.39. The molecule has 90 valence electrons. The summed E-state index contributed by atoms with van der Waals surface area (Å²) in [6.45, 7) is 0.995. The van der Waals surface area contributed by atoms with E-state index in [0.29, 0.717) is 18.8 Å². The van der Waals surface area contributed by atoms with E-state index in [1.54, 1.807) is 6.07 Å². The van der Waals surface area contributed by atoms with E-state index in [-0.39, 0.29) is 0 Å². The lowest BCUT2D eigenvalue weighted by Crippen LogP contribution is -1.96. The van der Waals surface area contributed by atoms with Crippen molar-refractivity contribution in [2.75, 3.05) is 0 Å². The fourth-order valence-corrected chi connectivity index (χ4v) is 2.05. The lowest BCUT2D eigenvalue weighted by atomic mass is 10.1. The summed E-state index contributed by atoms with van der Waals surface area (Å²) in [6.07, 6.45) is 0. The van der Waals surface area contributed by atoms with Crippen molar-refractivity contribution >= 4 is 15.9 Å². The molecule has 0 heterocycles. The average molecular weight is 302 g/mol. The van der Waals surface area contributed by atoms with Crippen molar-refractivity contribution in [2.24, 2.45) is 0 Å². The second-order valence-corrected chi connectivity index (χ2v) is 4.81. The summed E-state index contributed by atoms with van der Waals surface area (Å²) < 4.78 is 6.59. The highest BCUT2D eigenvalue weighted by molar-refractivity contribution is 9.10. The SMILES string of the molecule is N#Cc1ccc(Br)cc1COCc1ccccc1. The van der Waals surface area contributed by atoms with Gasteiger partial charge in [0.1, 0.15) is 0 Å². The minimum absolute atomic E-state index is 0.442. The average Bonchev–Trinajstić information content (AvgIpc) is 2.40. The van der Waals surface area contributed by atoms with Gasteiger partial charge >= 0.3 is 0 Å². The molecule has 2 aromatic carbocycles. The zero-order chi connectivity index (χ0) is 12.8. The van der Waals surface area contributed by atoms with Gasteiger partial charge in [-0.05, 0) is 29.3 Å². The molecule has 0 aliphatic heterocycles. The van der Waals surface area contributed by atoms with E-state index in [9.17, 15) is 0 Å². The number of nitrogens with zero attached hydrogens (tertiary/aromatic N) is 1. The molecule has 2 aromatic rings. The largest absolute Gasteiger partial charge is 0.372 e. The summed E-state index contributed by atoms with van der Waals surface area (Å²) in [6, 6.07) is 17.7. The molecule has 2 nitrogen and oxygen atoms in total. The second kappa shape index (κ2) is 6.34. The third-order valence-corrected chi connectivity index (χ3v) is 3.05. The van der Waals surface area contributed by atoms with Crippen LogP contribution in [-0.2, 0) is 18.0 Å². The van der Waals surface area contributed by atoms with Crippen LogP contribution in [0.15, 0.2) is 53.0 Å². The highest BCUT2D eigenvalue weighted by atomic mass is 79.9. The van der Waals surface area contributed by atoms with Crippen LogP contribution in [0.5, 0.6) is 0 Å². The molecule has 0 aliphatic carbocycles. The van der Waals surface area contributed by atoms with Gasteiger partial charge in [-0.3, -0.25) is 0 Å². The summed E-state index contributed by atoms with van der Waals surface area (Å²) in [5.74, 6) is 0. The predicted molar refractivity (Wildman–Crippen MR) is 73.8 cm³/mol. The highest BCUT2D eigenvalue weighted by Crippen LogP contribution is 2.17. The number of halogens is 1. The Hall–Kier alpha value is -1.63. The van der Waals surface area contributed by atoms with Gasteiger partial charge in [-0.25, -0.2) is 0 Å². The molecule has 0 unspecified atom stereocenters. The zero-order valence-electron chi connectivity index (χ0n) is 9.77. The van der Waals surface area contributed by atoms with E-state index in [0.717, 1.165) is 15.6 Å². The molecule has 0 atom stereocenters. The minimum Gasteiger partial charge on any atom is -0.372 e. The number of rotatable bonds is 4. The van der Waals surface area contributed by atoms with Crippen molar-refractivity contribution in [1.29, 1.82) is 5.26 Å². The Morgan fingerprint density at radius 3 is 2.56 bits per heavy atom. The third-order valence-electron chi connectivity index (χ3n) is 2.56. The van der Waals surface area contributed by atoms with E-state index >= 15 is 0 Å². The summed E-state index contributed by atoms with van der Waals surface area (Å²) in [5.41, 5.74) is 2.69. The summed E-state index contributed by atoms with van der Waals surface area (Å²) in [5, 5.41) is 9.00. The Labute approximate surface area is 115 Å². The molecule has 18 heavy (non-hydrogen) atoms. The number of benzene rings is 2. The van der Waals surface area contributed by atoms with Gasteiger partial charge in [-0.1, -0.05) is 46.3 Å². The Morgan fingerprint density at radius 2 is 1.83 bits per heavy atom. The molecule has 0 amide bonds. The molecule has 0 radical (unpaired) electrons. The van der Waals surface area contributed by atoms with Gasteiger partial charge < -0.3 is 4.74 Å². The first kappa shape index (κ1) is 12.8. The van der Waals surface area contributed by atoms with Crippen LogP contribution in [0.3, 0.4) is 0 Å². The second-order valence-electron chi connectivity index (χ2n) is 3.89. The topological polar surface area (TPSA) is 33.0 Å². The molecular formula is C15H12BrNO. The van der Waals surface area contributed by atoms with Crippen LogP contribution in [0.4, 0.5) is 0 Å². The standard InChI is InChI=1S/C15H12BrNO/c16-15-7-6-13(9-17)14(8-15)11-18-10-12-4-2-1-3-5-12/h1-8H,10-11H2. The summed E-state index contributed by atoms with van der Waals surface area (Å²) in [7, 11) is 0. The van der Waals surface area contributed by atoms with Crippen LogP contribution in [0.25, 0.3) is 0 Å². The lowest BCUT2D eigenvalue weighted by Gasteiger charge is -2.06. The molecule has 0 fully saturated rings. The van der Waals surface area contributed by atoms with Gasteiger partial charge in [0.15, 0.2) is 0 Å². The van der Waals surface area contributed by atoms with Gasteiger partial charge in [-0.2, -0.15) is 5.26 Å². The lowest BCUT2D eigenvalue weighted by molar-refractivity contribution is 0.107. The van der Waals surface area contributed by atoms with E-state index in [1.807, 2.05) is 42.5 Å². The molecule has 3 heteroatoms. The normalized spacial score (nSPS) is 10.0. The van der Waals surface area contributed by atoms with Crippen molar-refractivity contribution < 1.29 is 4.74 Å². The van der Waals surface area contributed by atoms with Crippen LogP contribution in [-0.4, -0.2) is 0 Å². The molecule has 0 aliphatic rings. The summed E-state index contributed by atoms with van der Waals surface area (Å²) >= 11 is 3.40. The van der Waals surface area contributed by atoms with Crippen LogP contribution in [0.2, 0.25) is 0 Å². The van der Waals surface area contributed by atoms with Gasteiger partial charge in [0.2, 0.25) is 0 Å². The summed E-state index contributed by atoms with van der Waals surface area (Å²) in [4.78, 5) is 0. The molecule has 0 bridgehead atoms. The van der Waals surface area contributed by atoms with Gasteiger partial charge in [-0.15, -0.1) is 0 Å². The number of nitriles is 1. The van der Waals surface area contributed by atoms with Crippen molar-refractivity contribution in [3.63, 3.8) is 0 Å². The molecule has 2 rings (SSSR count). The maximum absolute atomic E-state index is 9.00. The molecular weight excluding hydrogens is 290 g/mol. The number of hydrogen-bond acceptors (Lipinski definition) is 2. The van der Waals surface area contributed by atoms with Crippen molar-refractivity contribution in [3.05, 3.63) is 69.7 Å². The fraction of sp³-hybridized carbons (Fsp3) is 0.133. The predicted octanol–water partition coefficient (Wildman–Crippen LogP) is 4.04. The van der Waals surface area contributed by atoms with Gasteiger partial charge in [0, 0.05) is 4.47 Å². The Kier molecular flexibility index (Phi) is 4.52. The van der Waals surface area contributed by atoms with E-state index in [2.05, 4.69) is 22.0 Å². The number of hydrogen-bond donors (Lipinski definition) is 0. The number of ether oxygens (including phenoxy) is 1. The van der Waals surface area contributed by atoms with Crippen molar-refractivity contribution in [2.45, 2.75) is 13.2 Å². The molecule has 0 N–H and O–H groups in total. The van der Waals surface area contributed by atoms with Crippen molar-refractivity contribution in [1.82, 2.24) is 0 Å². The maximum atomic E-state index is 9.00. The first-order chi connectivity index (χ1) is 8.79. The minimum atomic E-state index is 0.442. The van der Waals surface area contributed by atoms with E-state index in [4.69, 9.17) is 10.00 Å².